The van der Waals surface area contributed by atoms with Crippen LogP contribution in [0.4, 0.5) is 0 Å². The second-order valence-electron chi connectivity index (χ2n) is 7.70. The zero-order valence-electron chi connectivity index (χ0n) is 17.5. The number of methoxy groups -OCH3 is 1. The van der Waals surface area contributed by atoms with Crippen LogP contribution in [0.3, 0.4) is 0 Å². The summed E-state index contributed by atoms with van der Waals surface area (Å²) in [4.78, 5) is 18.0. The number of rotatable bonds is 8. The van der Waals surface area contributed by atoms with E-state index in [9.17, 15) is 13.2 Å². The Kier molecular flexibility index (Phi) is 5.87. The lowest BCUT2D eigenvalue weighted by Crippen LogP contribution is -2.31. The summed E-state index contributed by atoms with van der Waals surface area (Å²) in [5.74, 6) is 0.793. The maximum absolute atomic E-state index is 13.5. The van der Waals surface area contributed by atoms with Gasteiger partial charge in [0.2, 0.25) is 0 Å². The Balaban J connectivity index is 1.97. The van der Waals surface area contributed by atoms with Crippen LogP contribution in [0.5, 0.6) is 11.5 Å². The number of halogens is 1. The van der Waals surface area contributed by atoms with Gasteiger partial charge in [0.1, 0.15) is 9.84 Å². The lowest BCUT2D eigenvalue weighted by atomic mass is 10.1. The van der Waals surface area contributed by atoms with Crippen LogP contribution in [0.1, 0.15) is 37.4 Å². The molecule has 3 aromatic rings. The Morgan fingerprint density at radius 3 is 2.61 bits per heavy atom. The minimum atomic E-state index is -3.43. The molecule has 10 heteroatoms. The third kappa shape index (κ3) is 4.36. The molecule has 0 spiro atoms. The van der Waals surface area contributed by atoms with Crippen molar-refractivity contribution in [3.05, 3.63) is 51.0 Å². The Morgan fingerprint density at radius 2 is 2.00 bits per heavy atom. The molecule has 1 saturated carbocycles. The Hall–Kier alpha value is -2.33. The summed E-state index contributed by atoms with van der Waals surface area (Å²) < 4.78 is 39.8. The molecule has 0 N–H and O–H groups in total. The summed E-state index contributed by atoms with van der Waals surface area (Å²) in [6.07, 6.45) is 4.62. The van der Waals surface area contributed by atoms with Gasteiger partial charge in [0, 0.05) is 23.0 Å². The van der Waals surface area contributed by atoms with E-state index in [1.54, 1.807) is 36.1 Å². The first-order valence-electron chi connectivity index (χ1n) is 10.00. The Bertz CT molecular complexity index is 1290. The van der Waals surface area contributed by atoms with Crippen LogP contribution in [-0.2, 0) is 9.84 Å². The van der Waals surface area contributed by atoms with Crippen molar-refractivity contribution in [1.82, 2.24) is 14.1 Å². The van der Waals surface area contributed by atoms with Gasteiger partial charge in [-0.15, -0.1) is 0 Å². The number of pyridine rings is 1. The first-order valence-corrected chi connectivity index (χ1v) is 12.8. The van der Waals surface area contributed by atoms with Crippen LogP contribution < -0.4 is 15.2 Å². The quantitative estimate of drug-likeness (QED) is 0.462. The smallest absolute Gasteiger partial charge is 0.331 e. The number of hydrogen-bond donors (Lipinski definition) is 0. The van der Waals surface area contributed by atoms with E-state index in [1.165, 1.54) is 10.8 Å². The van der Waals surface area contributed by atoms with E-state index in [0.29, 0.717) is 34.8 Å². The topological polar surface area (TPSA) is 92.4 Å². The molecule has 1 fully saturated rings. The van der Waals surface area contributed by atoms with E-state index in [-0.39, 0.29) is 17.5 Å². The highest BCUT2D eigenvalue weighted by Crippen LogP contribution is 2.38. The molecule has 1 aliphatic carbocycles. The van der Waals surface area contributed by atoms with Crippen molar-refractivity contribution < 1.29 is 17.9 Å². The normalized spacial score (nSPS) is 15.2. The maximum Gasteiger partial charge on any atom is 0.331 e. The van der Waals surface area contributed by atoms with Crippen molar-refractivity contribution in [3.8, 4) is 11.5 Å². The molecular weight excluding hydrogens is 486 g/mol. The standard InChI is InChI=1S/C21H24BrN3O5S/c1-4-30-19-9-13(5-8-18(19)29-2)17(12-31(3,27)28)25-20-16(10-14(22)11-23-20)24(21(25)26)15-6-7-15/h5,8-11,15,17H,4,6-7,12H2,1-3H3/t17-/m1/s1. The molecule has 31 heavy (non-hydrogen) atoms. The molecule has 2 aromatic heterocycles. The summed E-state index contributed by atoms with van der Waals surface area (Å²) in [6, 6.07) is 6.44. The number of imidazole rings is 1. The molecule has 166 valence electrons. The minimum absolute atomic E-state index is 0.112. The molecule has 0 saturated heterocycles. The zero-order chi connectivity index (χ0) is 22.3. The fourth-order valence-corrected chi connectivity index (χ4v) is 5.07. The predicted octanol–water partition coefficient (Wildman–Crippen LogP) is 3.34. The van der Waals surface area contributed by atoms with E-state index >= 15 is 0 Å². The highest BCUT2D eigenvalue weighted by Gasteiger charge is 2.33. The van der Waals surface area contributed by atoms with Crippen LogP contribution in [0.25, 0.3) is 11.2 Å². The lowest BCUT2D eigenvalue weighted by Gasteiger charge is -2.20. The summed E-state index contributed by atoms with van der Waals surface area (Å²) in [5.41, 5.74) is 1.53. The molecular formula is C21H24BrN3O5S. The fraction of sp³-hybridized carbons (Fsp3) is 0.429. The van der Waals surface area contributed by atoms with Crippen LogP contribution in [0.2, 0.25) is 0 Å². The molecule has 1 atom stereocenters. The van der Waals surface area contributed by atoms with Crippen molar-refractivity contribution >= 4 is 36.9 Å². The molecule has 4 rings (SSSR count). The van der Waals surface area contributed by atoms with Crippen molar-refractivity contribution in [3.63, 3.8) is 0 Å². The molecule has 1 aliphatic rings. The second kappa shape index (κ2) is 8.31. The first-order chi connectivity index (χ1) is 14.7. The summed E-state index contributed by atoms with van der Waals surface area (Å²) in [7, 11) is -1.88. The summed E-state index contributed by atoms with van der Waals surface area (Å²) >= 11 is 3.43. The highest BCUT2D eigenvalue weighted by molar-refractivity contribution is 9.10. The van der Waals surface area contributed by atoms with Gasteiger partial charge in [-0.3, -0.25) is 9.13 Å². The largest absolute Gasteiger partial charge is 0.493 e. The predicted molar refractivity (Wildman–Crippen MR) is 122 cm³/mol. The van der Waals surface area contributed by atoms with E-state index in [4.69, 9.17) is 9.47 Å². The van der Waals surface area contributed by atoms with Gasteiger partial charge in [0.15, 0.2) is 17.1 Å². The maximum atomic E-state index is 13.5. The van der Waals surface area contributed by atoms with Gasteiger partial charge in [0.25, 0.3) is 0 Å². The van der Waals surface area contributed by atoms with Gasteiger partial charge in [0.05, 0.1) is 31.0 Å². The van der Waals surface area contributed by atoms with E-state index in [2.05, 4.69) is 20.9 Å². The van der Waals surface area contributed by atoms with E-state index < -0.39 is 15.9 Å². The molecule has 0 radical (unpaired) electrons. The van der Waals surface area contributed by atoms with Crippen LogP contribution in [0, 0.1) is 0 Å². The first kappa shape index (κ1) is 21.9. The number of fused-ring (bicyclic) bond motifs is 1. The third-order valence-corrected chi connectivity index (χ3v) is 6.63. The highest BCUT2D eigenvalue weighted by atomic mass is 79.9. The number of hydrogen-bond acceptors (Lipinski definition) is 6. The Morgan fingerprint density at radius 1 is 1.26 bits per heavy atom. The van der Waals surface area contributed by atoms with Gasteiger partial charge >= 0.3 is 5.69 Å². The van der Waals surface area contributed by atoms with Crippen molar-refractivity contribution in [2.45, 2.75) is 31.8 Å². The fourth-order valence-electron chi connectivity index (χ4n) is 3.84. The van der Waals surface area contributed by atoms with Crippen LogP contribution in [0.15, 0.2) is 39.7 Å². The number of ether oxygens (including phenoxy) is 2. The van der Waals surface area contributed by atoms with Gasteiger partial charge in [-0.2, -0.15) is 0 Å². The lowest BCUT2D eigenvalue weighted by molar-refractivity contribution is 0.310. The van der Waals surface area contributed by atoms with Gasteiger partial charge in [-0.1, -0.05) is 6.07 Å². The zero-order valence-corrected chi connectivity index (χ0v) is 19.9. The Labute approximate surface area is 188 Å². The monoisotopic (exact) mass is 509 g/mol. The van der Waals surface area contributed by atoms with Gasteiger partial charge in [-0.05, 0) is 59.5 Å². The number of aromatic nitrogens is 3. The molecule has 1 aromatic carbocycles. The molecule has 2 heterocycles. The number of sulfone groups is 1. The molecule has 0 bridgehead atoms. The average Bonchev–Trinajstić information content (AvgIpc) is 3.49. The molecule has 0 amide bonds. The number of nitrogens with zero attached hydrogens (tertiary/aromatic N) is 3. The van der Waals surface area contributed by atoms with Crippen LogP contribution in [-0.4, -0.2) is 48.3 Å². The van der Waals surface area contributed by atoms with Crippen molar-refractivity contribution in [2.75, 3.05) is 25.7 Å². The van der Waals surface area contributed by atoms with Crippen molar-refractivity contribution in [2.24, 2.45) is 0 Å². The average molecular weight is 510 g/mol. The third-order valence-electron chi connectivity index (χ3n) is 5.27. The summed E-state index contributed by atoms with van der Waals surface area (Å²) in [5, 5.41) is 0. The minimum Gasteiger partial charge on any atom is -0.493 e. The van der Waals surface area contributed by atoms with Crippen LogP contribution >= 0.6 is 15.9 Å². The van der Waals surface area contributed by atoms with Gasteiger partial charge < -0.3 is 9.47 Å². The molecule has 0 aliphatic heterocycles. The van der Waals surface area contributed by atoms with Crippen molar-refractivity contribution in [1.29, 1.82) is 0 Å². The SMILES string of the molecule is CCOc1cc([C@@H](CS(C)(=O)=O)n2c(=O)n(C3CC3)c3cc(Br)cnc32)ccc1OC. The van der Waals surface area contributed by atoms with E-state index in [0.717, 1.165) is 17.3 Å². The summed E-state index contributed by atoms with van der Waals surface area (Å²) in [6.45, 7) is 2.28. The molecule has 8 nitrogen and oxygen atoms in total. The second-order valence-corrected chi connectivity index (χ2v) is 10.8. The number of benzene rings is 1. The van der Waals surface area contributed by atoms with E-state index in [1.807, 2.05) is 13.0 Å². The van der Waals surface area contributed by atoms with Gasteiger partial charge in [-0.25, -0.2) is 18.2 Å². The molecule has 0 unspecified atom stereocenters.